The zero-order valence-electron chi connectivity index (χ0n) is 8.10. The van der Waals surface area contributed by atoms with Crippen LogP contribution in [-0.4, -0.2) is 15.2 Å². The van der Waals surface area contributed by atoms with Gasteiger partial charge in [-0.25, -0.2) is 4.98 Å². The minimum Gasteiger partial charge on any atom is -0.260 e. The molecule has 3 rings (SSSR count). The molecule has 2 nitrogen and oxygen atoms in total. The summed E-state index contributed by atoms with van der Waals surface area (Å²) in [7, 11) is 0. The Hall–Kier alpha value is -0.570. The van der Waals surface area contributed by atoms with Gasteiger partial charge in [-0.1, -0.05) is 6.42 Å². The molecule has 3 atom stereocenters. The van der Waals surface area contributed by atoms with Gasteiger partial charge in [-0.2, -0.15) is 0 Å². The number of nitrogens with zero attached hydrogens (tertiary/aromatic N) is 2. The third kappa shape index (κ3) is 1.54. The van der Waals surface area contributed by atoms with E-state index in [9.17, 15) is 0 Å². The molecule has 2 saturated carbocycles. The van der Waals surface area contributed by atoms with Gasteiger partial charge in [0.25, 0.3) is 0 Å². The molecule has 1 aromatic heterocycles. The average Bonchev–Trinajstić information content (AvgIpc) is 2.81. The van der Waals surface area contributed by atoms with E-state index in [0.717, 1.165) is 22.1 Å². The molecule has 1 aromatic rings. The molecular formula is C11H14N2S. The van der Waals surface area contributed by atoms with E-state index in [4.69, 9.17) is 0 Å². The molecule has 2 aliphatic carbocycles. The van der Waals surface area contributed by atoms with Crippen LogP contribution >= 0.6 is 11.8 Å². The molecule has 2 aliphatic rings. The quantitative estimate of drug-likeness (QED) is 0.744. The van der Waals surface area contributed by atoms with Crippen molar-refractivity contribution in [3.05, 3.63) is 18.6 Å². The van der Waals surface area contributed by atoms with Crippen LogP contribution in [0.5, 0.6) is 0 Å². The molecule has 0 spiro atoms. The molecule has 14 heavy (non-hydrogen) atoms. The summed E-state index contributed by atoms with van der Waals surface area (Å²) in [5.41, 5.74) is 0. The summed E-state index contributed by atoms with van der Waals surface area (Å²) < 4.78 is 0. The molecule has 1 heterocycles. The van der Waals surface area contributed by atoms with Crippen LogP contribution in [0.25, 0.3) is 0 Å². The Labute approximate surface area is 88.5 Å². The van der Waals surface area contributed by atoms with E-state index in [0.29, 0.717) is 0 Å². The normalized spacial score (nSPS) is 35.0. The van der Waals surface area contributed by atoms with Crippen molar-refractivity contribution in [1.82, 2.24) is 9.97 Å². The highest BCUT2D eigenvalue weighted by atomic mass is 32.2. The van der Waals surface area contributed by atoms with Crippen LogP contribution in [0.2, 0.25) is 0 Å². The highest BCUT2D eigenvalue weighted by Gasteiger charge is 2.39. The molecule has 0 N–H and O–H groups in total. The Balaban J connectivity index is 1.69. The Bertz CT molecular complexity index is 314. The Morgan fingerprint density at radius 2 is 2.21 bits per heavy atom. The molecule has 0 aliphatic heterocycles. The van der Waals surface area contributed by atoms with Crippen LogP contribution < -0.4 is 0 Å². The summed E-state index contributed by atoms with van der Waals surface area (Å²) in [4.78, 5) is 8.43. The summed E-state index contributed by atoms with van der Waals surface area (Å²) in [6.07, 6.45) is 11.2. The van der Waals surface area contributed by atoms with Gasteiger partial charge in [0.1, 0.15) is 5.03 Å². The third-order valence-electron chi connectivity index (χ3n) is 3.48. The topological polar surface area (TPSA) is 25.8 Å². The standard InChI is InChI=1S/C11H14N2S/c1-2-9-5-8(1)6-10(9)14-11-7-12-3-4-13-11/h3-4,7-10H,1-2,5-6H2/t8-,9-,10+/m0/s1. The van der Waals surface area contributed by atoms with Crippen LogP contribution in [0.15, 0.2) is 23.6 Å². The largest absolute Gasteiger partial charge is 0.260 e. The van der Waals surface area contributed by atoms with E-state index in [1.165, 1.54) is 25.7 Å². The van der Waals surface area contributed by atoms with Gasteiger partial charge in [-0.15, -0.1) is 11.8 Å². The van der Waals surface area contributed by atoms with Crippen molar-refractivity contribution < 1.29 is 0 Å². The van der Waals surface area contributed by atoms with E-state index in [-0.39, 0.29) is 0 Å². The van der Waals surface area contributed by atoms with Crippen molar-refractivity contribution in [1.29, 1.82) is 0 Å². The summed E-state index contributed by atoms with van der Waals surface area (Å²) in [6, 6.07) is 0. The minimum atomic E-state index is 0.824. The molecule has 2 fully saturated rings. The van der Waals surface area contributed by atoms with Gasteiger partial charge in [0.05, 0.1) is 6.20 Å². The van der Waals surface area contributed by atoms with Crippen LogP contribution in [0.3, 0.4) is 0 Å². The molecule has 0 aromatic carbocycles. The summed E-state index contributed by atoms with van der Waals surface area (Å²) in [6.45, 7) is 0. The number of hydrogen-bond acceptors (Lipinski definition) is 3. The molecule has 3 heteroatoms. The fraction of sp³-hybridized carbons (Fsp3) is 0.636. The molecule has 0 radical (unpaired) electrons. The zero-order valence-corrected chi connectivity index (χ0v) is 8.91. The van der Waals surface area contributed by atoms with Gasteiger partial charge in [0, 0.05) is 17.6 Å². The van der Waals surface area contributed by atoms with E-state index < -0.39 is 0 Å². The zero-order chi connectivity index (χ0) is 9.38. The second kappa shape index (κ2) is 3.54. The van der Waals surface area contributed by atoms with E-state index >= 15 is 0 Å². The second-order valence-corrected chi connectivity index (χ2v) is 5.63. The number of fused-ring (bicyclic) bond motifs is 2. The lowest BCUT2D eigenvalue weighted by atomic mass is 10.0. The van der Waals surface area contributed by atoms with Gasteiger partial charge >= 0.3 is 0 Å². The maximum atomic E-state index is 4.33. The van der Waals surface area contributed by atoms with Gasteiger partial charge in [0.2, 0.25) is 0 Å². The summed E-state index contributed by atoms with van der Waals surface area (Å²) in [5, 5.41) is 1.93. The van der Waals surface area contributed by atoms with Crippen molar-refractivity contribution in [2.45, 2.75) is 36.0 Å². The van der Waals surface area contributed by atoms with Gasteiger partial charge in [-0.3, -0.25) is 4.98 Å². The summed E-state index contributed by atoms with van der Waals surface area (Å²) >= 11 is 1.94. The SMILES string of the molecule is c1cnc(S[C@@H]2C[C@H]3CC[C@H]2C3)cn1. The predicted octanol–water partition coefficient (Wildman–Crippen LogP) is 2.76. The highest BCUT2D eigenvalue weighted by Crippen LogP contribution is 2.50. The number of thioether (sulfide) groups is 1. The number of aromatic nitrogens is 2. The van der Waals surface area contributed by atoms with Crippen LogP contribution in [0.1, 0.15) is 25.7 Å². The van der Waals surface area contributed by atoms with E-state index in [1.807, 2.05) is 18.0 Å². The van der Waals surface area contributed by atoms with Gasteiger partial charge in [-0.05, 0) is 31.1 Å². The lowest BCUT2D eigenvalue weighted by Crippen LogP contribution is -2.12. The van der Waals surface area contributed by atoms with Crippen LogP contribution in [0.4, 0.5) is 0 Å². The number of hydrogen-bond donors (Lipinski definition) is 0. The fourth-order valence-corrected chi connectivity index (χ4v) is 4.19. The van der Waals surface area contributed by atoms with Crippen molar-refractivity contribution >= 4 is 11.8 Å². The monoisotopic (exact) mass is 206 g/mol. The Kier molecular flexibility index (Phi) is 2.20. The van der Waals surface area contributed by atoms with Crippen LogP contribution in [-0.2, 0) is 0 Å². The second-order valence-electron chi connectivity index (χ2n) is 4.37. The van der Waals surface area contributed by atoms with E-state index in [1.54, 1.807) is 12.4 Å². The van der Waals surface area contributed by atoms with Gasteiger partial charge < -0.3 is 0 Å². The molecule has 0 amide bonds. The maximum Gasteiger partial charge on any atom is 0.115 e. The van der Waals surface area contributed by atoms with Crippen molar-refractivity contribution in [3.8, 4) is 0 Å². The van der Waals surface area contributed by atoms with Crippen molar-refractivity contribution in [2.24, 2.45) is 11.8 Å². The Morgan fingerprint density at radius 3 is 2.86 bits per heavy atom. The first-order valence-electron chi connectivity index (χ1n) is 5.34. The fourth-order valence-electron chi connectivity index (χ4n) is 2.83. The minimum absolute atomic E-state index is 0.824. The first-order valence-corrected chi connectivity index (χ1v) is 6.22. The lowest BCUT2D eigenvalue weighted by molar-refractivity contribution is 0.492. The average molecular weight is 206 g/mol. The van der Waals surface area contributed by atoms with Crippen molar-refractivity contribution in [2.75, 3.05) is 0 Å². The first kappa shape index (κ1) is 8.72. The molecule has 74 valence electrons. The smallest absolute Gasteiger partial charge is 0.115 e. The molecule has 2 bridgehead atoms. The Morgan fingerprint density at radius 1 is 1.21 bits per heavy atom. The third-order valence-corrected chi connectivity index (χ3v) is 4.82. The van der Waals surface area contributed by atoms with Gasteiger partial charge in [0.15, 0.2) is 0 Å². The summed E-state index contributed by atoms with van der Waals surface area (Å²) in [5.74, 6) is 1.99. The van der Waals surface area contributed by atoms with E-state index in [2.05, 4.69) is 9.97 Å². The predicted molar refractivity (Wildman–Crippen MR) is 57.1 cm³/mol. The molecule has 0 saturated heterocycles. The first-order chi connectivity index (χ1) is 6.92. The highest BCUT2D eigenvalue weighted by molar-refractivity contribution is 7.99. The lowest BCUT2D eigenvalue weighted by Gasteiger charge is -2.19. The molecule has 0 unspecified atom stereocenters. The van der Waals surface area contributed by atoms with Crippen molar-refractivity contribution in [3.63, 3.8) is 0 Å². The van der Waals surface area contributed by atoms with Crippen LogP contribution in [0, 0.1) is 11.8 Å². The maximum absolute atomic E-state index is 4.33. The number of rotatable bonds is 2. The molecular weight excluding hydrogens is 192 g/mol.